The molecule has 1 fully saturated rings. The lowest BCUT2D eigenvalue weighted by Gasteiger charge is -2.31. The summed E-state index contributed by atoms with van der Waals surface area (Å²) in [5.74, 6) is -0.826. The van der Waals surface area contributed by atoms with Crippen LogP contribution in [-0.4, -0.2) is 57.6 Å². The van der Waals surface area contributed by atoms with E-state index in [-0.39, 0.29) is 24.0 Å². The smallest absolute Gasteiger partial charge is 0.330 e. The van der Waals surface area contributed by atoms with E-state index >= 15 is 0 Å². The predicted octanol–water partition coefficient (Wildman–Crippen LogP) is 0.912. The summed E-state index contributed by atoms with van der Waals surface area (Å²) in [6.07, 6.45) is 6.44. The second-order valence-electron chi connectivity index (χ2n) is 8.46. The van der Waals surface area contributed by atoms with Gasteiger partial charge >= 0.3 is 11.7 Å². The van der Waals surface area contributed by atoms with Crippen LogP contribution in [0.1, 0.15) is 46.0 Å². The molecule has 2 aromatic heterocycles. The number of nitrogens with one attached hydrogen (secondary N) is 1. The quantitative estimate of drug-likeness (QED) is 0.465. The number of aromatic amines is 1. The minimum absolute atomic E-state index is 0.0770. The number of anilines is 3. The minimum atomic E-state index is -0.744. The fourth-order valence-electron chi connectivity index (χ4n) is 4.06. The van der Waals surface area contributed by atoms with Gasteiger partial charge in [0.15, 0.2) is 12.3 Å². The zero-order chi connectivity index (χ0) is 25.4. The first-order valence-electron chi connectivity index (χ1n) is 12.0. The summed E-state index contributed by atoms with van der Waals surface area (Å²) in [5, 5.41) is 0. The molecule has 3 rings (SSSR count). The molecule has 0 aromatic carbocycles. The Labute approximate surface area is 203 Å². The molecule has 3 N–H and O–H groups in total. The molecule has 0 bridgehead atoms. The highest BCUT2D eigenvalue weighted by molar-refractivity contribution is 5.97. The van der Waals surface area contributed by atoms with Crippen LogP contribution < -0.4 is 26.8 Å². The number of aromatic nitrogens is 4. The van der Waals surface area contributed by atoms with Crippen molar-refractivity contribution in [3.05, 3.63) is 39.3 Å². The van der Waals surface area contributed by atoms with Gasteiger partial charge in [-0.2, -0.15) is 0 Å². The van der Waals surface area contributed by atoms with Crippen LogP contribution in [0.15, 0.2) is 28.0 Å². The number of amides is 1. The van der Waals surface area contributed by atoms with Crippen molar-refractivity contribution in [1.82, 2.24) is 19.5 Å². The van der Waals surface area contributed by atoms with E-state index in [0.717, 1.165) is 6.42 Å². The van der Waals surface area contributed by atoms with Crippen LogP contribution in [-0.2, 0) is 20.9 Å². The van der Waals surface area contributed by atoms with Crippen LogP contribution >= 0.6 is 0 Å². The number of nitrogens with two attached hydrogens (primary N) is 1. The predicted molar refractivity (Wildman–Crippen MR) is 131 cm³/mol. The third-order valence-electron chi connectivity index (χ3n) is 5.97. The molecule has 0 unspecified atom stereocenters. The van der Waals surface area contributed by atoms with Gasteiger partial charge in [0.2, 0.25) is 5.95 Å². The van der Waals surface area contributed by atoms with Crippen LogP contribution in [0.4, 0.5) is 17.5 Å². The van der Waals surface area contributed by atoms with Crippen LogP contribution in [0, 0.1) is 5.92 Å². The average Bonchev–Trinajstić information content (AvgIpc) is 2.87. The first kappa shape index (κ1) is 25.9. The number of carbonyl (C=O) groups is 2. The normalized spacial score (nSPS) is 14.1. The molecule has 1 amide bonds. The van der Waals surface area contributed by atoms with Gasteiger partial charge in [0.25, 0.3) is 11.5 Å². The Morgan fingerprint density at radius 1 is 1.17 bits per heavy atom. The van der Waals surface area contributed by atoms with E-state index < -0.39 is 29.7 Å². The molecular formula is C23H33N7O5. The van der Waals surface area contributed by atoms with Crippen molar-refractivity contribution in [2.45, 2.75) is 52.5 Å². The molecule has 35 heavy (non-hydrogen) atoms. The van der Waals surface area contributed by atoms with Crippen LogP contribution in [0.2, 0.25) is 0 Å². The maximum Gasteiger partial charge on any atom is 0.330 e. The lowest BCUT2D eigenvalue weighted by atomic mass is 9.97. The van der Waals surface area contributed by atoms with Crippen molar-refractivity contribution in [2.75, 3.05) is 41.8 Å². The summed E-state index contributed by atoms with van der Waals surface area (Å²) in [7, 11) is 0. The number of piperidine rings is 1. The van der Waals surface area contributed by atoms with Crippen molar-refractivity contribution in [1.29, 1.82) is 0 Å². The van der Waals surface area contributed by atoms with Gasteiger partial charge in [-0.05, 0) is 31.7 Å². The number of unbranched alkanes of at least 4 members (excludes halogenated alkanes) is 1. The molecule has 0 spiro atoms. The first-order valence-corrected chi connectivity index (χ1v) is 12.0. The maximum absolute atomic E-state index is 13.1. The SMILES string of the molecule is CCCCN(C(=O)COC(=O)C1CCN(c2ncccn2)CC1)c1c(N)n(CCC)c(=O)[nH]c1=O. The number of ether oxygens (including phenoxy) is 1. The molecule has 12 nitrogen and oxygen atoms in total. The fraction of sp³-hybridized carbons (Fsp3) is 0.565. The second kappa shape index (κ2) is 12.1. The van der Waals surface area contributed by atoms with Gasteiger partial charge in [-0.3, -0.25) is 23.9 Å². The summed E-state index contributed by atoms with van der Waals surface area (Å²) in [6, 6.07) is 1.74. The summed E-state index contributed by atoms with van der Waals surface area (Å²) < 4.78 is 6.58. The first-order chi connectivity index (χ1) is 16.9. The van der Waals surface area contributed by atoms with Gasteiger partial charge in [-0.1, -0.05) is 20.3 Å². The van der Waals surface area contributed by atoms with Crippen molar-refractivity contribution in [3.63, 3.8) is 0 Å². The molecular weight excluding hydrogens is 454 g/mol. The molecule has 0 saturated carbocycles. The van der Waals surface area contributed by atoms with Gasteiger partial charge in [0.1, 0.15) is 5.82 Å². The standard InChI is InChI=1S/C23H33N7O5/c1-3-5-12-29(18-19(24)30(11-4-2)23(34)27-20(18)32)17(31)15-35-21(33)16-7-13-28(14-8-16)22-25-9-6-10-26-22/h6,9-10,16H,3-5,7-8,11-15,24H2,1-2H3,(H,27,32,34). The minimum Gasteiger partial charge on any atom is -0.455 e. The number of H-pyrrole nitrogens is 1. The van der Waals surface area contributed by atoms with E-state index in [1.165, 1.54) is 9.47 Å². The number of hydrogen-bond donors (Lipinski definition) is 2. The molecule has 1 aliphatic rings. The van der Waals surface area contributed by atoms with Gasteiger partial charge in [-0.25, -0.2) is 14.8 Å². The Morgan fingerprint density at radius 2 is 1.86 bits per heavy atom. The molecule has 0 radical (unpaired) electrons. The van der Waals surface area contributed by atoms with Gasteiger partial charge in [0, 0.05) is 38.6 Å². The number of esters is 1. The number of hydrogen-bond acceptors (Lipinski definition) is 9. The number of nitrogen functional groups attached to an aromatic ring is 1. The van der Waals surface area contributed by atoms with Crippen molar-refractivity contribution in [2.24, 2.45) is 5.92 Å². The molecule has 12 heteroatoms. The Bertz CT molecular complexity index is 1120. The third kappa shape index (κ3) is 6.25. The van der Waals surface area contributed by atoms with Crippen molar-refractivity contribution < 1.29 is 14.3 Å². The Hall–Kier alpha value is -3.70. The number of carbonyl (C=O) groups excluding carboxylic acids is 2. The van der Waals surface area contributed by atoms with E-state index in [0.29, 0.717) is 51.3 Å². The van der Waals surface area contributed by atoms with E-state index in [4.69, 9.17) is 10.5 Å². The van der Waals surface area contributed by atoms with Gasteiger partial charge < -0.3 is 20.3 Å². The topological polar surface area (TPSA) is 157 Å². The van der Waals surface area contributed by atoms with Crippen LogP contribution in [0.25, 0.3) is 0 Å². The van der Waals surface area contributed by atoms with Crippen molar-refractivity contribution in [3.8, 4) is 0 Å². The zero-order valence-corrected chi connectivity index (χ0v) is 20.2. The molecule has 0 aliphatic carbocycles. The Morgan fingerprint density at radius 3 is 2.49 bits per heavy atom. The molecule has 1 aliphatic heterocycles. The van der Waals surface area contributed by atoms with Gasteiger partial charge in [-0.15, -0.1) is 0 Å². The van der Waals surface area contributed by atoms with Crippen molar-refractivity contribution >= 4 is 29.3 Å². The van der Waals surface area contributed by atoms with Crippen LogP contribution in [0.5, 0.6) is 0 Å². The monoisotopic (exact) mass is 487 g/mol. The summed E-state index contributed by atoms with van der Waals surface area (Å²) in [5.41, 5.74) is 4.68. The molecule has 1 saturated heterocycles. The Balaban J connectivity index is 1.66. The van der Waals surface area contributed by atoms with Gasteiger partial charge in [0.05, 0.1) is 5.92 Å². The number of nitrogens with zero attached hydrogens (tertiary/aromatic N) is 5. The largest absolute Gasteiger partial charge is 0.455 e. The summed E-state index contributed by atoms with van der Waals surface area (Å²) in [6.45, 7) is 5.01. The third-order valence-corrected chi connectivity index (χ3v) is 5.97. The summed E-state index contributed by atoms with van der Waals surface area (Å²) in [4.78, 5) is 64.4. The van der Waals surface area contributed by atoms with E-state index in [9.17, 15) is 19.2 Å². The fourth-order valence-corrected chi connectivity index (χ4v) is 4.06. The molecule has 2 aromatic rings. The lowest BCUT2D eigenvalue weighted by molar-refractivity contribution is -0.152. The maximum atomic E-state index is 13.1. The van der Waals surface area contributed by atoms with E-state index in [2.05, 4.69) is 15.0 Å². The summed E-state index contributed by atoms with van der Waals surface area (Å²) >= 11 is 0. The highest BCUT2D eigenvalue weighted by atomic mass is 16.5. The average molecular weight is 488 g/mol. The zero-order valence-electron chi connectivity index (χ0n) is 20.2. The van der Waals surface area contributed by atoms with Crippen LogP contribution in [0.3, 0.4) is 0 Å². The van der Waals surface area contributed by atoms with E-state index in [1.807, 2.05) is 18.7 Å². The lowest BCUT2D eigenvalue weighted by Crippen LogP contribution is -2.43. The number of rotatable bonds is 10. The highest BCUT2D eigenvalue weighted by Crippen LogP contribution is 2.22. The molecule has 3 heterocycles. The molecule has 190 valence electrons. The molecule has 0 atom stereocenters. The second-order valence-corrected chi connectivity index (χ2v) is 8.46. The van der Waals surface area contributed by atoms with E-state index in [1.54, 1.807) is 18.5 Å². The Kier molecular flexibility index (Phi) is 8.98. The highest BCUT2D eigenvalue weighted by Gasteiger charge is 2.29.